The molecule has 0 bridgehead atoms. The van der Waals surface area contributed by atoms with E-state index in [0.717, 1.165) is 22.3 Å². The second kappa shape index (κ2) is 7.08. The van der Waals surface area contributed by atoms with Gasteiger partial charge in [-0.2, -0.15) is 0 Å². The third-order valence-electron chi connectivity index (χ3n) is 3.62. The van der Waals surface area contributed by atoms with E-state index in [4.69, 9.17) is 0 Å². The molecule has 1 aromatic carbocycles. The summed E-state index contributed by atoms with van der Waals surface area (Å²) in [5.74, 6) is 0. The van der Waals surface area contributed by atoms with Gasteiger partial charge in [0.2, 0.25) is 0 Å². The molecule has 5 heteroatoms. The predicted octanol–water partition coefficient (Wildman–Crippen LogP) is 5.04. The lowest BCUT2D eigenvalue weighted by Crippen LogP contribution is -1.90. The Kier molecular flexibility index (Phi) is 4.70. The molecule has 0 saturated carbocycles. The van der Waals surface area contributed by atoms with Crippen LogP contribution in [0.3, 0.4) is 0 Å². The number of nitrogens with zero attached hydrogens (tertiary/aromatic N) is 3. The second-order valence-electron chi connectivity index (χ2n) is 5.35. The van der Waals surface area contributed by atoms with E-state index < -0.39 is 6.43 Å². The summed E-state index contributed by atoms with van der Waals surface area (Å²) in [7, 11) is 0. The van der Waals surface area contributed by atoms with Crippen molar-refractivity contribution in [3.8, 4) is 11.1 Å². The van der Waals surface area contributed by atoms with E-state index in [1.807, 2.05) is 37.3 Å². The zero-order chi connectivity index (χ0) is 16.9. The highest BCUT2D eigenvalue weighted by atomic mass is 19.3. The summed E-state index contributed by atoms with van der Waals surface area (Å²) in [5, 5.41) is 0. The van der Waals surface area contributed by atoms with Gasteiger partial charge in [0, 0.05) is 24.2 Å². The molecular formula is C19H15F2N3. The first-order valence-electron chi connectivity index (χ1n) is 7.42. The number of alkyl halides is 2. The van der Waals surface area contributed by atoms with Crippen LogP contribution in [0.1, 0.15) is 30.2 Å². The molecule has 0 aliphatic carbocycles. The summed E-state index contributed by atoms with van der Waals surface area (Å²) < 4.78 is 25.5. The van der Waals surface area contributed by atoms with Crippen molar-refractivity contribution in [2.75, 3.05) is 0 Å². The molecule has 0 unspecified atom stereocenters. The van der Waals surface area contributed by atoms with Gasteiger partial charge in [-0.3, -0.25) is 4.98 Å². The van der Waals surface area contributed by atoms with Gasteiger partial charge in [-0.05, 0) is 47.4 Å². The van der Waals surface area contributed by atoms with Crippen LogP contribution in [0.25, 0.3) is 22.8 Å². The quantitative estimate of drug-likeness (QED) is 0.675. The molecule has 3 rings (SSSR count). The van der Waals surface area contributed by atoms with E-state index in [1.165, 1.54) is 18.6 Å². The van der Waals surface area contributed by atoms with Crippen molar-refractivity contribution < 1.29 is 8.78 Å². The zero-order valence-corrected chi connectivity index (χ0v) is 13.0. The Balaban J connectivity index is 1.93. The Bertz CT molecular complexity index is 861. The summed E-state index contributed by atoms with van der Waals surface area (Å²) in [6.07, 6.45) is 5.70. The first-order chi connectivity index (χ1) is 11.6. The van der Waals surface area contributed by atoms with E-state index >= 15 is 0 Å². The van der Waals surface area contributed by atoms with Gasteiger partial charge in [0.1, 0.15) is 12.0 Å². The van der Waals surface area contributed by atoms with Crippen LogP contribution in [0.2, 0.25) is 0 Å². The second-order valence-corrected chi connectivity index (χ2v) is 5.35. The number of benzene rings is 1. The van der Waals surface area contributed by atoms with Gasteiger partial charge in [0.05, 0.1) is 0 Å². The molecule has 2 heterocycles. The third kappa shape index (κ3) is 3.68. The maximum absolute atomic E-state index is 12.8. The predicted molar refractivity (Wildman–Crippen MR) is 90.2 cm³/mol. The Morgan fingerprint density at radius 1 is 1.04 bits per heavy atom. The fourth-order valence-corrected chi connectivity index (χ4v) is 2.40. The van der Waals surface area contributed by atoms with Crippen molar-refractivity contribution in [1.82, 2.24) is 15.0 Å². The largest absolute Gasteiger partial charge is 0.280 e. The maximum Gasteiger partial charge on any atom is 0.280 e. The molecule has 2 aromatic heterocycles. The molecule has 0 radical (unpaired) electrons. The smallest absolute Gasteiger partial charge is 0.255 e. The topological polar surface area (TPSA) is 38.7 Å². The highest BCUT2D eigenvalue weighted by Gasteiger charge is 2.08. The van der Waals surface area contributed by atoms with E-state index in [0.29, 0.717) is 5.56 Å². The van der Waals surface area contributed by atoms with Gasteiger partial charge >= 0.3 is 0 Å². The zero-order valence-electron chi connectivity index (χ0n) is 13.0. The summed E-state index contributed by atoms with van der Waals surface area (Å²) in [6.45, 7) is 1.95. The lowest BCUT2D eigenvalue weighted by Gasteiger charge is -2.06. The lowest BCUT2D eigenvalue weighted by atomic mass is 10.00. The number of allylic oxidation sites excluding steroid dienone is 1. The minimum atomic E-state index is -2.57. The van der Waals surface area contributed by atoms with Gasteiger partial charge in [0.15, 0.2) is 0 Å². The molecule has 0 aliphatic heterocycles. The van der Waals surface area contributed by atoms with E-state index in [-0.39, 0.29) is 5.69 Å². The molecule has 24 heavy (non-hydrogen) atoms. The SMILES string of the molecule is C/C(=C\c1ccnc(C(F)F)c1)c1cccc(-c2cncnc2)c1. The molecule has 0 aliphatic rings. The first kappa shape index (κ1) is 15.9. The molecule has 0 amide bonds. The number of aromatic nitrogens is 3. The number of halogens is 2. The Morgan fingerprint density at radius 3 is 2.58 bits per heavy atom. The van der Waals surface area contributed by atoms with Crippen LogP contribution in [0.15, 0.2) is 61.3 Å². The highest BCUT2D eigenvalue weighted by Crippen LogP contribution is 2.25. The Morgan fingerprint density at radius 2 is 1.83 bits per heavy atom. The average molecular weight is 323 g/mol. The molecular weight excluding hydrogens is 308 g/mol. The molecule has 0 spiro atoms. The third-order valence-corrected chi connectivity index (χ3v) is 3.62. The van der Waals surface area contributed by atoms with Crippen LogP contribution in [0, 0.1) is 0 Å². The van der Waals surface area contributed by atoms with E-state index in [1.54, 1.807) is 18.5 Å². The molecule has 120 valence electrons. The number of hydrogen-bond donors (Lipinski definition) is 0. The maximum atomic E-state index is 12.8. The van der Waals surface area contributed by atoms with Gasteiger partial charge in [-0.15, -0.1) is 0 Å². The molecule has 0 fully saturated rings. The van der Waals surface area contributed by atoms with E-state index in [9.17, 15) is 8.78 Å². The van der Waals surface area contributed by atoms with Gasteiger partial charge in [-0.25, -0.2) is 18.7 Å². The summed E-state index contributed by atoms with van der Waals surface area (Å²) in [4.78, 5) is 11.7. The summed E-state index contributed by atoms with van der Waals surface area (Å²) in [6, 6.07) is 11.1. The summed E-state index contributed by atoms with van der Waals surface area (Å²) in [5.41, 5.74) is 4.39. The Labute approximate surface area is 138 Å². The Hall–Kier alpha value is -2.95. The summed E-state index contributed by atoms with van der Waals surface area (Å²) >= 11 is 0. The van der Waals surface area contributed by atoms with Crippen LogP contribution in [-0.4, -0.2) is 15.0 Å². The van der Waals surface area contributed by atoms with Crippen LogP contribution in [-0.2, 0) is 0 Å². The number of pyridine rings is 1. The molecule has 0 N–H and O–H groups in total. The van der Waals surface area contributed by atoms with Gasteiger partial charge in [-0.1, -0.05) is 24.3 Å². The minimum absolute atomic E-state index is 0.216. The van der Waals surface area contributed by atoms with Crippen molar-refractivity contribution in [3.05, 3.63) is 78.1 Å². The lowest BCUT2D eigenvalue weighted by molar-refractivity contribution is 0.146. The fourth-order valence-electron chi connectivity index (χ4n) is 2.40. The van der Waals surface area contributed by atoms with Gasteiger partial charge < -0.3 is 0 Å². The molecule has 0 atom stereocenters. The van der Waals surface area contributed by atoms with Gasteiger partial charge in [0.25, 0.3) is 6.43 Å². The fraction of sp³-hybridized carbons (Fsp3) is 0.105. The average Bonchev–Trinajstić information content (AvgIpc) is 2.63. The normalized spacial score (nSPS) is 11.8. The van der Waals surface area contributed by atoms with Crippen LogP contribution in [0.5, 0.6) is 0 Å². The number of rotatable bonds is 4. The molecule has 0 saturated heterocycles. The number of hydrogen-bond acceptors (Lipinski definition) is 3. The van der Waals surface area contributed by atoms with E-state index in [2.05, 4.69) is 15.0 Å². The molecule has 3 nitrogen and oxygen atoms in total. The van der Waals surface area contributed by atoms with Crippen LogP contribution in [0.4, 0.5) is 8.78 Å². The molecule has 3 aromatic rings. The monoisotopic (exact) mass is 323 g/mol. The van der Waals surface area contributed by atoms with Crippen molar-refractivity contribution in [1.29, 1.82) is 0 Å². The first-order valence-corrected chi connectivity index (χ1v) is 7.42. The highest BCUT2D eigenvalue weighted by molar-refractivity contribution is 5.82. The standard InChI is InChI=1S/C19H15F2N3/c1-13(7-14-5-6-24-18(8-14)19(20)21)15-3-2-4-16(9-15)17-10-22-12-23-11-17/h2-12,19H,1H3/b13-7+. The minimum Gasteiger partial charge on any atom is -0.255 e. The van der Waals surface area contributed by atoms with Crippen molar-refractivity contribution in [2.24, 2.45) is 0 Å². The van der Waals surface area contributed by atoms with Crippen LogP contribution < -0.4 is 0 Å². The van der Waals surface area contributed by atoms with Crippen molar-refractivity contribution in [2.45, 2.75) is 13.3 Å². The van der Waals surface area contributed by atoms with Crippen molar-refractivity contribution >= 4 is 11.6 Å². The van der Waals surface area contributed by atoms with Crippen molar-refractivity contribution in [3.63, 3.8) is 0 Å². The van der Waals surface area contributed by atoms with Crippen LogP contribution >= 0.6 is 0 Å².